The van der Waals surface area contributed by atoms with Crippen molar-refractivity contribution in [3.63, 3.8) is 0 Å². The molecule has 0 saturated carbocycles. The summed E-state index contributed by atoms with van der Waals surface area (Å²) < 4.78 is 17.1. The zero-order valence-electron chi connectivity index (χ0n) is 17.3. The highest BCUT2D eigenvalue weighted by Crippen LogP contribution is 2.38. The van der Waals surface area contributed by atoms with Gasteiger partial charge in [0.1, 0.15) is 17.1 Å². The fraction of sp³-hybridized carbons (Fsp3) is 0.348. The number of benzene rings is 2. The highest BCUT2D eigenvalue weighted by molar-refractivity contribution is 5.90. The Hall–Kier alpha value is -3.53. The monoisotopic (exact) mass is 409 g/mol. The molecule has 0 aliphatic carbocycles. The van der Waals surface area contributed by atoms with Crippen LogP contribution in [0.15, 0.2) is 36.4 Å². The Morgan fingerprint density at radius 1 is 1.20 bits per heavy atom. The summed E-state index contributed by atoms with van der Waals surface area (Å²) in [6.07, 6.45) is -0.734. The Balaban J connectivity index is 1.80. The van der Waals surface area contributed by atoms with E-state index in [9.17, 15) is 14.7 Å². The fourth-order valence-corrected chi connectivity index (χ4v) is 3.20. The molecular weight excluding hydrogens is 386 g/mol. The number of rotatable bonds is 4. The summed E-state index contributed by atoms with van der Waals surface area (Å²) in [7, 11) is 0. The lowest BCUT2D eigenvalue weighted by atomic mass is 9.91. The maximum atomic E-state index is 12.2. The molecule has 3 rings (SSSR count). The number of nitrogens with zero attached hydrogens (tertiary/aromatic N) is 1. The molecule has 0 aromatic heterocycles. The minimum atomic E-state index is -1.01. The molecule has 7 heteroatoms. The lowest BCUT2D eigenvalue weighted by Gasteiger charge is -2.30. The molecule has 1 aliphatic heterocycles. The predicted octanol–water partition coefficient (Wildman–Crippen LogP) is 4.18. The standard InChI is InChI=1S/C23H23NO6/c1-13-9-15(22(27)30-23(2,3)4)6-8-18(13)28-20-11-17(21(25)26)16-10-14(12-24)5-7-19(16)29-20/h5-10,17,20H,11H2,1-4H3,(H,25,26). The van der Waals surface area contributed by atoms with E-state index in [1.54, 1.807) is 58.0 Å². The first-order valence-corrected chi connectivity index (χ1v) is 9.51. The molecular formula is C23H23NO6. The van der Waals surface area contributed by atoms with Crippen molar-refractivity contribution in [1.82, 2.24) is 0 Å². The van der Waals surface area contributed by atoms with Crippen LogP contribution in [0.5, 0.6) is 11.5 Å². The second-order valence-corrected chi connectivity index (χ2v) is 8.14. The number of aliphatic carboxylic acids is 1. The third-order valence-corrected chi connectivity index (χ3v) is 4.57. The van der Waals surface area contributed by atoms with Gasteiger partial charge in [0.2, 0.25) is 6.29 Å². The number of esters is 1. The zero-order chi connectivity index (χ0) is 22.1. The number of hydrogen-bond acceptors (Lipinski definition) is 6. The fourth-order valence-electron chi connectivity index (χ4n) is 3.20. The van der Waals surface area contributed by atoms with E-state index in [0.29, 0.717) is 33.8 Å². The van der Waals surface area contributed by atoms with E-state index in [4.69, 9.17) is 19.5 Å². The number of carboxylic acid groups (broad SMARTS) is 1. The van der Waals surface area contributed by atoms with E-state index >= 15 is 0 Å². The summed E-state index contributed by atoms with van der Waals surface area (Å²) in [5.74, 6) is -1.44. The number of fused-ring (bicyclic) bond motifs is 1. The first-order valence-electron chi connectivity index (χ1n) is 9.51. The number of carboxylic acids is 1. The number of ether oxygens (including phenoxy) is 3. The van der Waals surface area contributed by atoms with Gasteiger partial charge in [-0.25, -0.2) is 4.79 Å². The maximum Gasteiger partial charge on any atom is 0.338 e. The van der Waals surface area contributed by atoms with E-state index in [2.05, 4.69) is 0 Å². The van der Waals surface area contributed by atoms with Crippen LogP contribution in [-0.2, 0) is 9.53 Å². The van der Waals surface area contributed by atoms with Gasteiger partial charge in [0, 0.05) is 12.0 Å². The van der Waals surface area contributed by atoms with Crippen LogP contribution in [0.2, 0.25) is 0 Å². The smallest absolute Gasteiger partial charge is 0.338 e. The molecule has 0 radical (unpaired) electrons. The average molecular weight is 409 g/mol. The van der Waals surface area contributed by atoms with Gasteiger partial charge >= 0.3 is 11.9 Å². The van der Waals surface area contributed by atoms with Gasteiger partial charge in [-0.2, -0.15) is 5.26 Å². The highest BCUT2D eigenvalue weighted by atomic mass is 16.7. The number of aryl methyl sites for hydroxylation is 1. The first-order chi connectivity index (χ1) is 14.1. The summed E-state index contributed by atoms with van der Waals surface area (Å²) in [5, 5.41) is 18.7. The minimum absolute atomic E-state index is 0.0878. The van der Waals surface area contributed by atoms with Gasteiger partial charge in [-0.3, -0.25) is 4.79 Å². The van der Waals surface area contributed by atoms with Crippen molar-refractivity contribution in [2.24, 2.45) is 0 Å². The van der Waals surface area contributed by atoms with Gasteiger partial charge in [-0.1, -0.05) is 0 Å². The Morgan fingerprint density at radius 3 is 2.53 bits per heavy atom. The molecule has 1 heterocycles. The lowest BCUT2D eigenvalue weighted by molar-refractivity contribution is -0.141. The molecule has 0 amide bonds. The van der Waals surface area contributed by atoms with Crippen LogP contribution in [0, 0.1) is 18.3 Å². The maximum absolute atomic E-state index is 12.2. The molecule has 0 spiro atoms. The first kappa shape index (κ1) is 21.2. The van der Waals surface area contributed by atoms with Crippen LogP contribution < -0.4 is 9.47 Å². The molecule has 30 heavy (non-hydrogen) atoms. The van der Waals surface area contributed by atoms with Crippen molar-refractivity contribution in [2.45, 2.75) is 51.9 Å². The van der Waals surface area contributed by atoms with Gasteiger partial charge in [-0.05, 0) is 69.7 Å². The van der Waals surface area contributed by atoms with Crippen molar-refractivity contribution >= 4 is 11.9 Å². The molecule has 1 aliphatic rings. The van der Waals surface area contributed by atoms with Gasteiger partial charge < -0.3 is 19.3 Å². The van der Waals surface area contributed by atoms with Gasteiger partial charge in [0.05, 0.1) is 23.1 Å². The van der Waals surface area contributed by atoms with E-state index < -0.39 is 29.7 Å². The van der Waals surface area contributed by atoms with E-state index in [0.717, 1.165) is 0 Å². The summed E-state index contributed by atoms with van der Waals surface area (Å²) in [6, 6.07) is 11.6. The highest BCUT2D eigenvalue weighted by Gasteiger charge is 2.34. The van der Waals surface area contributed by atoms with E-state index in [-0.39, 0.29) is 6.42 Å². The van der Waals surface area contributed by atoms with Crippen molar-refractivity contribution in [2.75, 3.05) is 0 Å². The van der Waals surface area contributed by atoms with Crippen molar-refractivity contribution in [1.29, 1.82) is 5.26 Å². The second kappa shape index (κ2) is 8.07. The summed E-state index contributed by atoms with van der Waals surface area (Å²) in [5.41, 5.74) is 1.33. The Labute approximate surface area is 174 Å². The van der Waals surface area contributed by atoms with Gasteiger partial charge in [0.25, 0.3) is 0 Å². The summed E-state index contributed by atoms with van der Waals surface area (Å²) in [4.78, 5) is 24.0. The Kier molecular flexibility index (Phi) is 5.70. The quantitative estimate of drug-likeness (QED) is 0.755. The molecule has 1 N–H and O–H groups in total. The van der Waals surface area contributed by atoms with Gasteiger partial charge in [0.15, 0.2) is 0 Å². The van der Waals surface area contributed by atoms with Crippen LogP contribution >= 0.6 is 0 Å². The number of hydrogen-bond donors (Lipinski definition) is 1. The molecule has 0 fully saturated rings. The topological polar surface area (TPSA) is 106 Å². The normalized spacial score (nSPS) is 17.8. The van der Waals surface area contributed by atoms with Crippen LogP contribution in [0.4, 0.5) is 0 Å². The molecule has 0 saturated heterocycles. The third-order valence-electron chi connectivity index (χ3n) is 4.57. The number of nitriles is 1. The van der Waals surface area contributed by atoms with Crippen LogP contribution in [0.1, 0.15) is 60.2 Å². The summed E-state index contributed by atoms with van der Waals surface area (Å²) in [6.45, 7) is 7.18. The lowest BCUT2D eigenvalue weighted by Crippen LogP contribution is -2.33. The molecule has 156 valence electrons. The average Bonchev–Trinajstić information content (AvgIpc) is 2.67. The van der Waals surface area contributed by atoms with E-state index in [1.807, 2.05) is 6.07 Å². The minimum Gasteiger partial charge on any atom is -0.481 e. The van der Waals surface area contributed by atoms with Gasteiger partial charge in [-0.15, -0.1) is 0 Å². The van der Waals surface area contributed by atoms with Crippen molar-refractivity contribution in [3.05, 3.63) is 58.7 Å². The molecule has 2 unspecified atom stereocenters. The van der Waals surface area contributed by atoms with Crippen molar-refractivity contribution < 1.29 is 28.9 Å². The van der Waals surface area contributed by atoms with E-state index in [1.165, 1.54) is 6.07 Å². The van der Waals surface area contributed by atoms with Crippen LogP contribution in [0.25, 0.3) is 0 Å². The number of carbonyl (C=O) groups is 2. The molecule has 2 aromatic rings. The molecule has 0 bridgehead atoms. The molecule has 2 atom stereocenters. The Morgan fingerprint density at radius 2 is 1.93 bits per heavy atom. The predicted molar refractivity (Wildman–Crippen MR) is 108 cm³/mol. The molecule has 2 aromatic carbocycles. The summed E-state index contributed by atoms with van der Waals surface area (Å²) >= 11 is 0. The largest absolute Gasteiger partial charge is 0.481 e. The SMILES string of the molecule is Cc1cc(C(=O)OC(C)(C)C)ccc1OC1CC(C(=O)O)c2cc(C#N)ccc2O1. The third kappa shape index (κ3) is 4.71. The second-order valence-electron chi connectivity index (χ2n) is 8.14. The molecule has 7 nitrogen and oxygen atoms in total. The number of carbonyl (C=O) groups excluding carboxylic acids is 1. The van der Waals surface area contributed by atoms with Crippen LogP contribution in [0.3, 0.4) is 0 Å². The van der Waals surface area contributed by atoms with Crippen LogP contribution in [-0.4, -0.2) is 28.9 Å². The van der Waals surface area contributed by atoms with Crippen molar-refractivity contribution in [3.8, 4) is 17.6 Å². The zero-order valence-corrected chi connectivity index (χ0v) is 17.3. The Bertz CT molecular complexity index is 1030.